The fourth-order valence-electron chi connectivity index (χ4n) is 2.46. The number of fused-ring (bicyclic) bond motifs is 2. The molecule has 0 bridgehead atoms. The van der Waals surface area contributed by atoms with E-state index in [2.05, 4.69) is 0 Å². The Bertz CT molecular complexity index is 791. The van der Waals surface area contributed by atoms with Crippen molar-refractivity contribution in [2.75, 3.05) is 0 Å². The first-order valence-electron chi connectivity index (χ1n) is 6.61. The summed E-state index contributed by atoms with van der Waals surface area (Å²) in [5, 5.41) is 23.3. The smallest absolute Gasteiger partial charge is 0.131 e. The summed E-state index contributed by atoms with van der Waals surface area (Å²) < 4.78 is 5.64. The first-order valence-corrected chi connectivity index (χ1v) is 6.61. The molecule has 0 saturated heterocycles. The molecule has 3 nitrogen and oxygen atoms in total. The van der Waals surface area contributed by atoms with Crippen molar-refractivity contribution in [3.8, 4) is 17.2 Å². The fraction of sp³-hybridized carbons (Fsp3) is 0.176. The van der Waals surface area contributed by atoms with Gasteiger partial charge in [-0.1, -0.05) is 24.3 Å². The molecule has 3 heteroatoms. The van der Waals surface area contributed by atoms with Crippen LogP contribution in [0, 0.1) is 0 Å². The van der Waals surface area contributed by atoms with Gasteiger partial charge in [-0.15, -0.1) is 0 Å². The van der Waals surface area contributed by atoms with Crippen LogP contribution in [0.15, 0.2) is 42.5 Å². The van der Waals surface area contributed by atoms with E-state index in [4.69, 9.17) is 4.74 Å². The van der Waals surface area contributed by atoms with Gasteiger partial charge in [0.2, 0.25) is 0 Å². The molecule has 102 valence electrons. The molecule has 3 rings (SSSR count). The van der Waals surface area contributed by atoms with E-state index in [1.807, 2.05) is 26.0 Å². The van der Waals surface area contributed by atoms with Gasteiger partial charge < -0.3 is 14.9 Å². The van der Waals surface area contributed by atoms with Crippen molar-refractivity contribution in [2.24, 2.45) is 0 Å². The van der Waals surface area contributed by atoms with Crippen LogP contribution in [0.25, 0.3) is 21.5 Å². The van der Waals surface area contributed by atoms with Crippen LogP contribution in [-0.4, -0.2) is 16.3 Å². The summed E-state index contributed by atoms with van der Waals surface area (Å²) in [6.07, 6.45) is 0.0589. The zero-order chi connectivity index (χ0) is 14.3. The predicted octanol–water partition coefficient (Wildman–Crippen LogP) is 4.19. The van der Waals surface area contributed by atoms with Crippen molar-refractivity contribution in [1.82, 2.24) is 0 Å². The number of phenols is 2. The number of phenolic OH excluding ortho intramolecular Hbond substituents is 2. The highest BCUT2D eigenvalue weighted by molar-refractivity contribution is 6.10. The van der Waals surface area contributed by atoms with Crippen LogP contribution in [-0.2, 0) is 0 Å². The van der Waals surface area contributed by atoms with Crippen LogP contribution >= 0.6 is 0 Å². The quantitative estimate of drug-likeness (QED) is 0.541. The summed E-state index contributed by atoms with van der Waals surface area (Å²) in [5.74, 6) is 1.03. The van der Waals surface area contributed by atoms with Gasteiger partial charge in [0.15, 0.2) is 0 Å². The van der Waals surface area contributed by atoms with Gasteiger partial charge in [0.05, 0.1) is 6.10 Å². The Kier molecular flexibility index (Phi) is 2.90. The Hall–Kier alpha value is -2.42. The monoisotopic (exact) mass is 268 g/mol. The molecule has 3 aromatic carbocycles. The predicted molar refractivity (Wildman–Crippen MR) is 80.5 cm³/mol. The first-order chi connectivity index (χ1) is 9.58. The molecule has 3 aromatic rings. The van der Waals surface area contributed by atoms with E-state index in [0.717, 1.165) is 0 Å². The van der Waals surface area contributed by atoms with Crippen LogP contribution < -0.4 is 4.74 Å². The molecule has 0 fully saturated rings. The number of aromatic hydroxyl groups is 2. The van der Waals surface area contributed by atoms with Gasteiger partial charge in [-0.25, -0.2) is 0 Å². The summed E-state index contributed by atoms with van der Waals surface area (Å²) in [4.78, 5) is 0. The molecule has 0 aliphatic carbocycles. The molecule has 0 unspecified atom stereocenters. The Balaban J connectivity index is 2.35. The van der Waals surface area contributed by atoms with Gasteiger partial charge in [-0.05, 0) is 32.0 Å². The summed E-state index contributed by atoms with van der Waals surface area (Å²) >= 11 is 0. The van der Waals surface area contributed by atoms with Crippen molar-refractivity contribution in [3.05, 3.63) is 42.5 Å². The van der Waals surface area contributed by atoms with E-state index >= 15 is 0 Å². The molecule has 0 heterocycles. The minimum absolute atomic E-state index is 0.0589. The van der Waals surface area contributed by atoms with Crippen molar-refractivity contribution < 1.29 is 14.9 Å². The number of ether oxygens (including phenoxy) is 1. The number of hydrogen-bond acceptors (Lipinski definition) is 3. The highest BCUT2D eigenvalue weighted by atomic mass is 16.5. The lowest BCUT2D eigenvalue weighted by molar-refractivity contribution is 0.242. The minimum atomic E-state index is 0.0589. The normalized spacial score (nSPS) is 11.3. The maximum Gasteiger partial charge on any atom is 0.131 e. The average molecular weight is 268 g/mol. The molecule has 0 amide bonds. The number of benzene rings is 3. The molecule has 0 spiro atoms. The van der Waals surface area contributed by atoms with Crippen LogP contribution in [0.5, 0.6) is 17.2 Å². The molecule has 0 atom stereocenters. The Labute approximate surface area is 117 Å². The highest BCUT2D eigenvalue weighted by Crippen LogP contribution is 2.42. The zero-order valence-electron chi connectivity index (χ0n) is 11.4. The van der Waals surface area contributed by atoms with Gasteiger partial charge in [-0.2, -0.15) is 0 Å². The summed E-state index contributed by atoms with van der Waals surface area (Å²) in [6, 6.07) is 12.6. The maximum atomic E-state index is 10.4. The Morgan fingerprint density at radius 2 is 1.35 bits per heavy atom. The molecule has 20 heavy (non-hydrogen) atoms. The van der Waals surface area contributed by atoms with E-state index in [1.54, 1.807) is 30.3 Å². The van der Waals surface area contributed by atoms with Crippen LogP contribution in [0.4, 0.5) is 0 Å². The summed E-state index contributed by atoms with van der Waals surface area (Å²) in [6.45, 7) is 3.89. The van der Waals surface area contributed by atoms with Crippen molar-refractivity contribution >= 4 is 21.5 Å². The van der Waals surface area contributed by atoms with Gasteiger partial charge in [0.25, 0.3) is 0 Å². The topological polar surface area (TPSA) is 49.7 Å². The fourth-order valence-corrected chi connectivity index (χ4v) is 2.46. The molecule has 2 N–H and O–H groups in total. The van der Waals surface area contributed by atoms with Gasteiger partial charge in [0, 0.05) is 21.5 Å². The van der Waals surface area contributed by atoms with Crippen LogP contribution in [0.2, 0.25) is 0 Å². The van der Waals surface area contributed by atoms with Crippen LogP contribution in [0.1, 0.15) is 13.8 Å². The molecule has 0 aliphatic heterocycles. The van der Waals surface area contributed by atoms with Crippen LogP contribution in [0.3, 0.4) is 0 Å². The molecule has 0 aromatic heterocycles. The van der Waals surface area contributed by atoms with E-state index in [0.29, 0.717) is 27.3 Å². The standard InChI is InChI=1S/C17H16O3/c1-10(2)20-11-7-8-14-15(9-11)17(19)13-6-4-3-5-12(13)16(14)18/h3-10,18-19H,1-2H3. The van der Waals surface area contributed by atoms with Gasteiger partial charge >= 0.3 is 0 Å². The second-order valence-electron chi connectivity index (χ2n) is 5.12. The summed E-state index contributed by atoms with van der Waals surface area (Å²) in [7, 11) is 0. The van der Waals surface area contributed by atoms with Gasteiger partial charge in [-0.3, -0.25) is 0 Å². The van der Waals surface area contributed by atoms with Crippen molar-refractivity contribution in [3.63, 3.8) is 0 Å². The highest BCUT2D eigenvalue weighted by Gasteiger charge is 2.13. The van der Waals surface area contributed by atoms with Crippen molar-refractivity contribution in [1.29, 1.82) is 0 Å². The number of hydrogen-bond donors (Lipinski definition) is 2. The van der Waals surface area contributed by atoms with E-state index in [9.17, 15) is 10.2 Å². The lowest BCUT2D eigenvalue weighted by Gasteiger charge is -2.13. The number of rotatable bonds is 2. The third-order valence-corrected chi connectivity index (χ3v) is 3.31. The first kappa shape index (κ1) is 12.6. The molecule has 0 saturated carbocycles. The second-order valence-corrected chi connectivity index (χ2v) is 5.12. The third kappa shape index (κ3) is 1.92. The SMILES string of the molecule is CC(C)Oc1ccc2c(O)c3ccccc3c(O)c2c1. The molecular formula is C17H16O3. The lowest BCUT2D eigenvalue weighted by Crippen LogP contribution is -2.05. The van der Waals surface area contributed by atoms with E-state index in [-0.39, 0.29) is 17.6 Å². The van der Waals surface area contributed by atoms with Gasteiger partial charge in [0.1, 0.15) is 17.2 Å². The van der Waals surface area contributed by atoms with Crippen molar-refractivity contribution in [2.45, 2.75) is 20.0 Å². The second kappa shape index (κ2) is 4.60. The van der Waals surface area contributed by atoms with E-state index < -0.39 is 0 Å². The minimum Gasteiger partial charge on any atom is -0.507 e. The molecule has 0 radical (unpaired) electrons. The zero-order valence-corrected chi connectivity index (χ0v) is 11.4. The summed E-state index contributed by atoms with van der Waals surface area (Å²) in [5.41, 5.74) is 0. The Morgan fingerprint density at radius 1 is 0.800 bits per heavy atom. The third-order valence-electron chi connectivity index (χ3n) is 3.31. The molecule has 0 aliphatic rings. The average Bonchev–Trinajstić information content (AvgIpc) is 2.44. The Morgan fingerprint density at radius 3 is 1.95 bits per heavy atom. The largest absolute Gasteiger partial charge is 0.507 e. The lowest BCUT2D eigenvalue weighted by atomic mass is 10.0. The van der Waals surface area contributed by atoms with E-state index in [1.165, 1.54) is 0 Å². The maximum absolute atomic E-state index is 10.4. The molecular weight excluding hydrogens is 252 g/mol.